The van der Waals surface area contributed by atoms with Gasteiger partial charge in [0, 0.05) is 18.8 Å². The van der Waals surface area contributed by atoms with Gasteiger partial charge >= 0.3 is 0 Å². The summed E-state index contributed by atoms with van der Waals surface area (Å²) in [6.07, 6.45) is 5.88. The molecule has 0 radical (unpaired) electrons. The van der Waals surface area contributed by atoms with Gasteiger partial charge in [-0.1, -0.05) is 36.9 Å². The monoisotopic (exact) mass is 268 g/mol. The van der Waals surface area contributed by atoms with Crippen molar-refractivity contribution in [3.63, 3.8) is 0 Å². The molecule has 20 heavy (non-hydrogen) atoms. The summed E-state index contributed by atoms with van der Waals surface area (Å²) >= 11 is 0. The van der Waals surface area contributed by atoms with Gasteiger partial charge in [0.2, 0.25) is 0 Å². The van der Waals surface area contributed by atoms with Crippen LogP contribution in [0, 0.1) is 0 Å². The summed E-state index contributed by atoms with van der Waals surface area (Å²) in [5.74, 6) is 0.668. The number of hydrogen-bond acceptors (Lipinski definition) is 4. The Morgan fingerprint density at radius 2 is 2.10 bits per heavy atom. The molecular weight excluding hydrogens is 252 g/mol. The zero-order chi connectivity index (χ0) is 14.5. The maximum Gasteiger partial charge on any atom is 0.168 e. The van der Waals surface area contributed by atoms with Gasteiger partial charge in [-0.2, -0.15) is 0 Å². The van der Waals surface area contributed by atoms with E-state index in [-0.39, 0.29) is 6.61 Å². The maximum atomic E-state index is 10.9. The highest BCUT2D eigenvalue weighted by Crippen LogP contribution is 2.25. The Labute approximate surface area is 118 Å². The molecule has 0 fully saturated rings. The summed E-state index contributed by atoms with van der Waals surface area (Å²) in [5, 5.41) is 9.07. The van der Waals surface area contributed by atoms with E-state index in [1.165, 1.54) is 0 Å². The third-order valence-corrected chi connectivity index (χ3v) is 3.05. The Balaban J connectivity index is 2.51. The lowest BCUT2D eigenvalue weighted by molar-refractivity contribution is -0.102. The zero-order valence-corrected chi connectivity index (χ0v) is 11.3. The highest BCUT2D eigenvalue weighted by Gasteiger charge is 2.13. The van der Waals surface area contributed by atoms with Gasteiger partial charge in [-0.3, -0.25) is 4.79 Å². The number of aliphatic hydroxyl groups is 1. The van der Waals surface area contributed by atoms with Crippen LogP contribution in [0.2, 0.25) is 0 Å². The third-order valence-electron chi connectivity index (χ3n) is 3.05. The Bertz CT molecular complexity index is 610. The van der Waals surface area contributed by atoms with E-state index in [0.29, 0.717) is 11.5 Å². The maximum absolute atomic E-state index is 10.9. The lowest BCUT2D eigenvalue weighted by Gasteiger charge is -2.21. The molecule has 0 unspecified atom stereocenters. The van der Waals surface area contributed by atoms with Crippen molar-refractivity contribution in [3.8, 4) is 0 Å². The minimum absolute atomic E-state index is 0.0103. The predicted molar refractivity (Wildman–Crippen MR) is 79.9 cm³/mol. The Hall–Kier alpha value is -2.46. The van der Waals surface area contributed by atoms with Crippen molar-refractivity contribution in [2.75, 3.05) is 7.05 Å². The van der Waals surface area contributed by atoms with Crippen LogP contribution in [-0.2, 0) is 11.4 Å². The van der Waals surface area contributed by atoms with Gasteiger partial charge in [0.1, 0.15) is 11.5 Å². The number of nitrogens with zero attached hydrogens (tertiary/aromatic N) is 2. The number of carbonyl (C=O) groups is 1. The van der Waals surface area contributed by atoms with Gasteiger partial charge in [0.25, 0.3) is 0 Å². The van der Waals surface area contributed by atoms with Crippen LogP contribution in [0.15, 0.2) is 60.0 Å². The fraction of sp³-hybridized carbons (Fsp3) is 0.125. The molecule has 1 heterocycles. The van der Waals surface area contributed by atoms with Gasteiger partial charge in [-0.05, 0) is 17.2 Å². The molecule has 0 bridgehead atoms. The number of hydrogen-bond donors (Lipinski definition) is 1. The molecule has 1 aromatic rings. The van der Waals surface area contributed by atoms with Gasteiger partial charge in [0.05, 0.1) is 6.61 Å². The summed E-state index contributed by atoms with van der Waals surface area (Å²) in [6, 6.07) is 7.50. The topological polar surface area (TPSA) is 52.9 Å². The van der Waals surface area contributed by atoms with Crippen LogP contribution < -0.4 is 0 Å². The van der Waals surface area contributed by atoms with Crippen molar-refractivity contribution in [1.29, 1.82) is 0 Å². The van der Waals surface area contributed by atoms with Crippen LogP contribution in [0.4, 0.5) is 0 Å². The Morgan fingerprint density at radius 1 is 1.40 bits per heavy atom. The third kappa shape index (κ3) is 2.75. The lowest BCUT2D eigenvalue weighted by atomic mass is 10.0. The van der Waals surface area contributed by atoms with Crippen molar-refractivity contribution >= 4 is 17.6 Å². The molecule has 1 N–H and O–H groups in total. The van der Waals surface area contributed by atoms with Crippen LogP contribution in [0.25, 0.3) is 5.57 Å². The average molecular weight is 268 g/mol. The standard InChI is InChI=1S/C16H16N2O2/c1-3-15(13-6-4-12(10-19)5-7-13)16-17-14(11-20)8-9-18(16)2/h3-9,11,19H,1,10H2,2H3/b16-15+. The smallest absolute Gasteiger partial charge is 0.168 e. The second-order valence-electron chi connectivity index (χ2n) is 4.38. The second kappa shape index (κ2) is 6.12. The van der Waals surface area contributed by atoms with E-state index in [9.17, 15) is 4.79 Å². The molecule has 0 amide bonds. The summed E-state index contributed by atoms with van der Waals surface area (Å²) in [7, 11) is 1.86. The molecule has 1 aromatic carbocycles. The van der Waals surface area contributed by atoms with Gasteiger partial charge in [-0.25, -0.2) is 4.99 Å². The number of rotatable bonds is 4. The van der Waals surface area contributed by atoms with Crippen LogP contribution in [0.3, 0.4) is 0 Å². The Morgan fingerprint density at radius 3 is 2.65 bits per heavy atom. The zero-order valence-electron chi connectivity index (χ0n) is 11.3. The number of aldehydes is 1. The summed E-state index contributed by atoms with van der Waals surface area (Å²) < 4.78 is 0. The average Bonchev–Trinajstić information content (AvgIpc) is 2.50. The van der Waals surface area contributed by atoms with Crippen LogP contribution >= 0.6 is 0 Å². The van der Waals surface area contributed by atoms with E-state index >= 15 is 0 Å². The number of carbonyl (C=O) groups excluding carboxylic acids is 1. The Kier molecular flexibility index (Phi) is 4.27. The highest BCUT2D eigenvalue weighted by atomic mass is 16.3. The van der Waals surface area contributed by atoms with Crippen molar-refractivity contribution in [1.82, 2.24) is 4.90 Å². The van der Waals surface area contributed by atoms with E-state index in [1.807, 2.05) is 36.2 Å². The number of aliphatic hydroxyl groups excluding tert-OH is 1. The van der Waals surface area contributed by atoms with Gasteiger partial charge < -0.3 is 10.0 Å². The first-order chi connectivity index (χ1) is 9.69. The minimum Gasteiger partial charge on any atom is -0.392 e. The van der Waals surface area contributed by atoms with Gasteiger partial charge in [-0.15, -0.1) is 0 Å². The molecule has 1 aliphatic heterocycles. The van der Waals surface area contributed by atoms with Crippen molar-refractivity contribution in [2.24, 2.45) is 4.99 Å². The van der Waals surface area contributed by atoms with Crippen LogP contribution in [0.1, 0.15) is 11.1 Å². The first-order valence-corrected chi connectivity index (χ1v) is 6.21. The molecule has 0 saturated carbocycles. The second-order valence-corrected chi connectivity index (χ2v) is 4.38. The fourth-order valence-electron chi connectivity index (χ4n) is 1.94. The lowest BCUT2D eigenvalue weighted by Crippen LogP contribution is -2.17. The number of aliphatic imine (C=N–C) groups is 1. The van der Waals surface area contributed by atoms with E-state index in [2.05, 4.69) is 11.6 Å². The molecule has 4 heteroatoms. The van der Waals surface area contributed by atoms with Crippen molar-refractivity contribution in [2.45, 2.75) is 6.61 Å². The highest BCUT2D eigenvalue weighted by molar-refractivity contribution is 6.34. The first kappa shape index (κ1) is 14.0. The molecule has 1 aliphatic rings. The normalized spacial score (nSPS) is 16.7. The molecule has 4 nitrogen and oxygen atoms in total. The molecule has 102 valence electrons. The molecule has 0 spiro atoms. The molecule has 0 saturated heterocycles. The SMILES string of the molecule is C=C/C(=C1/N=C(C=O)C=CN1C)c1ccc(CO)cc1. The largest absolute Gasteiger partial charge is 0.392 e. The molecule has 0 aliphatic carbocycles. The van der Waals surface area contributed by atoms with E-state index in [0.717, 1.165) is 23.0 Å². The van der Waals surface area contributed by atoms with Crippen molar-refractivity contribution < 1.29 is 9.90 Å². The van der Waals surface area contributed by atoms with Crippen LogP contribution in [0.5, 0.6) is 0 Å². The molecule has 0 atom stereocenters. The van der Waals surface area contributed by atoms with E-state index in [1.54, 1.807) is 18.4 Å². The van der Waals surface area contributed by atoms with Crippen LogP contribution in [-0.4, -0.2) is 29.1 Å². The van der Waals surface area contributed by atoms with Crippen molar-refractivity contribution in [3.05, 3.63) is 66.1 Å². The van der Waals surface area contributed by atoms with Gasteiger partial charge in [0.15, 0.2) is 6.29 Å². The fourth-order valence-corrected chi connectivity index (χ4v) is 1.94. The summed E-state index contributed by atoms with van der Waals surface area (Å²) in [4.78, 5) is 17.0. The number of benzene rings is 1. The summed E-state index contributed by atoms with van der Waals surface area (Å²) in [5.41, 5.74) is 2.99. The molecule has 0 aromatic heterocycles. The van der Waals surface area contributed by atoms with E-state index < -0.39 is 0 Å². The molecular formula is C16H16N2O2. The number of allylic oxidation sites excluding steroid dienone is 3. The minimum atomic E-state index is 0.0103. The summed E-state index contributed by atoms with van der Waals surface area (Å²) in [6.45, 7) is 3.84. The first-order valence-electron chi connectivity index (χ1n) is 6.21. The van der Waals surface area contributed by atoms with E-state index in [4.69, 9.17) is 5.11 Å². The quantitative estimate of drug-likeness (QED) is 0.851. The molecule has 2 rings (SSSR count). The predicted octanol–water partition coefficient (Wildman–Crippen LogP) is 2.13.